The number of hydrogen-bond acceptors (Lipinski definition) is 4. The lowest BCUT2D eigenvalue weighted by molar-refractivity contribution is -0.117. The highest BCUT2D eigenvalue weighted by atomic mass is 16.5. The lowest BCUT2D eigenvalue weighted by atomic mass is 10.1. The Morgan fingerprint density at radius 2 is 1.79 bits per heavy atom. The van der Waals surface area contributed by atoms with Crippen LogP contribution in [0.3, 0.4) is 0 Å². The molecular weight excluding hydrogens is 426 g/mol. The summed E-state index contributed by atoms with van der Waals surface area (Å²) in [4.78, 5) is 19.8. The van der Waals surface area contributed by atoms with Crippen LogP contribution in [0.15, 0.2) is 72.8 Å². The summed E-state index contributed by atoms with van der Waals surface area (Å²) in [7, 11) is 1.65. The van der Waals surface area contributed by atoms with E-state index in [-0.39, 0.29) is 11.8 Å². The molecule has 6 heteroatoms. The zero-order valence-electron chi connectivity index (χ0n) is 19.6. The quantitative estimate of drug-likeness (QED) is 0.366. The lowest BCUT2D eigenvalue weighted by Crippen LogP contribution is -2.24. The molecule has 4 aromatic rings. The second-order valence-corrected chi connectivity index (χ2v) is 8.56. The predicted molar refractivity (Wildman–Crippen MR) is 134 cm³/mol. The van der Waals surface area contributed by atoms with Crippen molar-refractivity contribution in [3.05, 3.63) is 84.2 Å². The average molecular weight is 456 g/mol. The van der Waals surface area contributed by atoms with Gasteiger partial charge >= 0.3 is 0 Å². The van der Waals surface area contributed by atoms with Crippen LogP contribution in [0.5, 0.6) is 11.5 Å². The minimum atomic E-state index is 0.0302. The van der Waals surface area contributed by atoms with Gasteiger partial charge in [0.25, 0.3) is 0 Å². The summed E-state index contributed by atoms with van der Waals surface area (Å²) in [5.74, 6) is 2.64. The fourth-order valence-electron chi connectivity index (χ4n) is 4.63. The van der Waals surface area contributed by atoms with Gasteiger partial charge in [-0.25, -0.2) is 4.98 Å². The molecule has 0 saturated carbocycles. The number of para-hydroxylation sites is 2. The number of anilines is 1. The number of aromatic nitrogens is 2. The highest BCUT2D eigenvalue weighted by Gasteiger charge is 2.34. The lowest BCUT2D eigenvalue weighted by Gasteiger charge is -2.18. The zero-order valence-corrected chi connectivity index (χ0v) is 19.6. The first-order valence-corrected chi connectivity index (χ1v) is 11.8. The Morgan fingerprint density at radius 1 is 1.00 bits per heavy atom. The van der Waals surface area contributed by atoms with Crippen molar-refractivity contribution in [1.29, 1.82) is 0 Å². The molecule has 0 radical (unpaired) electrons. The Morgan fingerprint density at radius 3 is 2.59 bits per heavy atom. The fourth-order valence-corrected chi connectivity index (χ4v) is 4.63. The summed E-state index contributed by atoms with van der Waals surface area (Å²) >= 11 is 0. The molecule has 0 bridgehead atoms. The molecule has 1 atom stereocenters. The van der Waals surface area contributed by atoms with E-state index in [1.165, 1.54) is 5.56 Å². The van der Waals surface area contributed by atoms with Gasteiger partial charge < -0.3 is 18.9 Å². The molecule has 3 aromatic carbocycles. The van der Waals surface area contributed by atoms with Crippen molar-refractivity contribution in [2.45, 2.75) is 32.2 Å². The van der Waals surface area contributed by atoms with E-state index < -0.39 is 0 Å². The van der Waals surface area contributed by atoms with Gasteiger partial charge in [0.05, 0.1) is 24.7 Å². The van der Waals surface area contributed by atoms with Crippen LogP contribution in [0, 0.1) is 0 Å². The standard InChI is InChI=1S/C28H29N3O3/c1-3-20-11-13-22(14-12-20)31-19-21(17-27(31)32)28-29-25-9-4-5-10-26(25)30(28)15-16-34-24-8-6-7-23(18-24)33-2/h4-14,18,21H,3,15-17,19H2,1-2H3/t21-/m1/s1. The summed E-state index contributed by atoms with van der Waals surface area (Å²) in [5.41, 5.74) is 4.22. The Labute approximate surface area is 199 Å². The number of aryl methyl sites for hydroxylation is 1. The highest BCUT2D eigenvalue weighted by Crippen LogP contribution is 2.33. The van der Waals surface area contributed by atoms with Gasteiger partial charge in [0, 0.05) is 30.6 Å². The first-order chi connectivity index (χ1) is 16.7. The fraction of sp³-hybridized carbons (Fsp3) is 0.286. The van der Waals surface area contributed by atoms with Crippen LogP contribution in [0.25, 0.3) is 11.0 Å². The van der Waals surface area contributed by atoms with Crippen molar-refractivity contribution in [2.24, 2.45) is 0 Å². The summed E-state index contributed by atoms with van der Waals surface area (Å²) < 4.78 is 13.5. The number of benzene rings is 3. The molecule has 1 fully saturated rings. The molecule has 174 valence electrons. The number of carbonyl (C=O) groups excluding carboxylic acids is 1. The largest absolute Gasteiger partial charge is 0.497 e. The molecule has 5 rings (SSSR count). The van der Waals surface area contributed by atoms with Gasteiger partial charge in [-0.15, -0.1) is 0 Å². The van der Waals surface area contributed by atoms with E-state index in [4.69, 9.17) is 14.5 Å². The second kappa shape index (κ2) is 9.59. The number of fused-ring (bicyclic) bond motifs is 1. The molecule has 1 saturated heterocycles. The number of imidazole rings is 1. The van der Waals surface area contributed by atoms with Crippen LogP contribution < -0.4 is 14.4 Å². The summed E-state index contributed by atoms with van der Waals surface area (Å²) in [6.07, 6.45) is 1.44. The van der Waals surface area contributed by atoms with E-state index >= 15 is 0 Å². The molecular formula is C28H29N3O3. The van der Waals surface area contributed by atoms with Gasteiger partial charge in [-0.05, 0) is 48.4 Å². The van der Waals surface area contributed by atoms with Gasteiger partial charge in [0.15, 0.2) is 0 Å². The molecule has 0 spiro atoms. The minimum absolute atomic E-state index is 0.0302. The molecule has 34 heavy (non-hydrogen) atoms. The van der Waals surface area contributed by atoms with Gasteiger partial charge in [0.1, 0.15) is 23.9 Å². The monoisotopic (exact) mass is 455 g/mol. The van der Waals surface area contributed by atoms with Crippen LogP contribution in [0.2, 0.25) is 0 Å². The Bertz CT molecular complexity index is 1300. The first kappa shape index (κ1) is 22.0. The topological polar surface area (TPSA) is 56.6 Å². The molecule has 1 aliphatic heterocycles. The van der Waals surface area contributed by atoms with Crippen molar-refractivity contribution in [2.75, 3.05) is 25.2 Å². The highest BCUT2D eigenvalue weighted by molar-refractivity contribution is 5.96. The van der Waals surface area contributed by atoms with Gasteiger partial charge in [-0.3, -0.25) is 4.79 Å². The van der Waals surface area contributed by atoms with E-state index in [0.717, 1.165) is 40.5 Å². The molecule has 1 amide bonds. The zero-order chi connectivity index (χ0) is 23.5. The molecule has 1 aromatic heterocycles. The summed E-state index contributed by atoms with van der Waals surface area (Å²) in [6.45, 7) is 3.89. The predicted octanol–water partition coefficient (Wildman–Crippen LogP) is 5.21. The summed E-state index contributed by atoms with van der Waals surface area (Å²) in [6, 6.07) is 24.0. The van der Waals surface area contributed by atoms with Gasteiger partial charge in [-0.2, -0.15) is 0 Å². The third kappa shape index (κ3) is 4.36. The van der Waals surface area contributed by atoms with Crippen molar-refractivity contribution in [1.82, 2.24) is 9.55 Å². The van der Waals surface area contributed by atoms with Crippen LogP contribution in [0.1, 0.15) is 30.7 Å². The Hall–Kier alpha value is -3.80. The second-order valence-electron chi connectivity index (χ2n) is 8.56. The van der Waals surface area contributed by atoms with E-state index in [2.05, 4.69) is 29.7 Å². The van der Waals surface area contributed by atoms with Crippen LogP contribution in [0.4, 0.5) is 5.69 Å². The molecule has 0 unspecified atom stereocenters. The number of nitrogens with zero attached hydrogens (tertiary/aromatic N) is 3. The Kier molecular flexibility index (Phi) is 6.21. The number of amides is 1. The third-order valence-electron chi connectivity index (χ3n) is 6.46. The number of carbonyl (C=O) groups is 1. The van der Waals surface area contributed by atoms with E-state index in [0.29, 0.717) is 26.1 Å². The van der Waals surface area contributed by atoms with Crippen molar-refractivity contribution < 1.29 is 14.3 Å². The molecule has 1 aliphatic rings. The van der Waals surface area contributed by atoms with E-state index in [9.17, 15) is 4.79 Å². The molecule has 6 nitrogen and oxygen atoms in total. The van der Waals surface area contributed by atoms with E-state index in [1.54, 1.807) is 7.11 Å². The molecule has 0 N–H and O–H groups in total. The van der Waals surface area contributed by atoms with Crippen LogP contribution in [-0.2, 0) is 17.8 Å². The number of methoxy groups -OCH3 is 1. The summed E-state index contributed by atoms with van der Waals surface area (Å²) in [5, 5.41) is 0. The Balaban J connectivity index is 1.37. The van der Waals surface area contributed by atoms with Crippen molar-refractivity contribution in [3.63, 3.8) is 0 Å². The van der Waals surface area contributed by atoms with Gasteiger partial charge in [-0.1, -0.05) is 37.3 Å². The number of hydrogen-bond donors (Lipinski definition) is 0. The maximum Gasteiger partial charge on any atom is 0.227 e. The number of rotatable bonds is 8. The molecule has 2 heterocycles. The third-order valence-corrected chi connectivity index (χ3v) is 6.46. The minimum Gasteiger partial charge on any atom is -0.497 e. The SMILES string of the molecule is CCc1ccc(N2C[C@H](c3nc4ccccc4n3CCOc3cccc(OC)c3)CC2=O)cc1. The molecule has 0 aliphatic carbocycles. The smallest absolute Gasteiger partial charge is 0.227 e. The first-order valence-electron chi connectivity index (χ1n) is 11.8. The average Bonchev–Trinajstić information content (AvgIpc) is 3.45. The maximum absolute atomic E-state index is 13.0. The van der Waals surface area contributed by atoms with Crippen molar-refractivity contribution in [3.8, 4) is 11.5 Å². The van der Waals surface area contributed by atoms with Crippen molar-refractivity contribution >= 4 is 22.6 Å². The number of ether oxygens (including phenoxy) is 2. The van der Waals surface area contributed by atoms with Gasteiger partial charge in [0.2, 0.25) is 5.91 Å². The van der Waals surface area contributed by atoms with Crippen LogP contribution >= 0.6 is 0 Å². The van der Waals surface area contributed by atoms with Crippen LogP contribution in [-0.4, -0.2) is 35.7 Å². The van der Waals surface area contributed by atoms with E-state index in [1.807, 2.05) is 59.5 Å². The maximum atomic E-state index is 13.0. The normalized spacial score (nSPS) is 15.8.